The second-order valence-electron chi connectivity index (χ2n) is 7.71. The second-order valence-corrected chi connectivity index (χ2v) is 7.71. The number of ether oxygens (including phenoxy) is 1. The van der Waals surface area contributed by atoms with E-state index in [0.717, 1.165) is 35.4 Å². The largest absolute Gasteiger partial charge is 0.497 e. The van der Waals surface area contributed by atoms with Crippen LogP contribution in [0.4, 0.5) is 5.69 Å². The summed E-state index contributed by atoms with van der Waals surface area (Å²) in [6.45, 7) is 1.38. The van der Waals surface area contributed by atoms with Crippen LogP contribution in [0.1, 0.15) is 12.8 Å². The minimum Gasteiger partial charge on any atom is -0.497 e. The van der Waals surface area contributed by atoms with Crippen molar-refractivity contribution in [3.05, 3.63) is 67.3 Å². The van der Waals surface area contributed by atoms with E-state index in [2.05, 4.69) is 10.3 Å². The zero-order valence-electron chi connectivity index (χ0n) is 17.5. The van der Waals surface area contributed by atoms with Crippen LogP contribution in [0.25, 0.3) is 11.1 Å². The molecule has 1 aliphatic heterocycles. The molecule has 31 heavy (non-hydrogen) atoms. The molecule has 7 nitrogen and oxygen atoms in total. The summed E-state index contributed by atoms with van der Waals surface area (Å²) < 4.78 is 7.03. The summed E-state index contributed by atoms with van der Waals surface area (Å²) in [5.74, 6) is 0.560. The number of likely N-dealkylation sites (tertiary alicyclic amines) is 1. The highest BCUT2D eigenvalue weighted by molar-refractivity contribution is 5.93. The third-order valence-electron chi connectivity index (χ3n) is 5.58. The molecule has 2 amide bonds. The molecule has 3 aromatic rings. The van der Waals surface area contributed by atoms with Crippen molar-refractivity contribution < 1.29 is 14.3 Å². The molecule has 1 atom stereocenters. The van der Waals surface area contributed by atoms with Crippen LogP contribution in [0.3, 0.4) is 0 Å². The number of amides is 2. The molecule has 1 aliphatic rings. The van der Waals surface area contributed by atoms with E-state index in [1.165, 1.54) is 0 Å². The summed E-state index contributed by atoms with van der Waals surface area (Å²) in [7, 11) is 1.65. The zero-order chi connectivity index (χ0) is 21.6. The lowest BCUT2D eigenvalue weighted by Crippen LogP contribution is -2.44. The smallest absolute Gasteiger partial charge is 0.242 e. The number of anilines is 1. The summed E-state index contributed by atoms with van der Waals surface area (Å²) in [6, 6.07) is 15.6. The van der Waals surface area contributed by atoms with E-state index in [1.54, 1.807) is 35.3 Å². The Balaban J connectivity index is 1.35. The fourth-order valence-electron chi connectivity index (χ4n) is 3.85. The summed E-state index contributed by atoms with van der Waals surface area (Å²) in [4.78, 5) is 31.1. The van der Waals surface area contributed by atoms with Gasteiger partial charge < -0.3 is 19.5 Å². The number of imidazole rings is 1. The minimum absolute atomic E-state index is 0.0122. The number of hydrogen-bond acceptors (Lipinski definition) is 4. The van der Waals surface area contributed by atoms with Crippen LogP contribution in [0.5, 0.6) is 5.75 Å². The molecule has 2 heterocycles. The number of aromatic nitrogens is 2. The van der Waals surface area contributed by atoms with E-state index in [-0.39, 0.29) is 24.3 Å². The van der Waals surface area contributed by atoms with Gasteiger partial charge in [-0.2, -0.15) is 0 Å². The molecule has 1 fully saturated rings. The Labute approximate surface area is 181 Å². The maximum atomic E-state index is 12.8. The van der Waals surface area contributed by atoms with Crippen molar-refractivity contribution in [2.75, 3.05) is 25.5 Å². The molecule has 160 valence electrons. The Morgan fingerprint density at radius 3 is 2.74 bits per heavy atom. The normalized spacial score (nSPS) is 16.0. The van der Waals surface area contributed by atoms with E-state index in [9.17, 15) is 9.59 Å². The molecule has 0 spiro atoms. The van der Waals surface area contributed by atoms with Gasteiger partial charge in [0.2, 0.25) is 11.8 Å². The van der Waals surface area contributed by atoms with Crippen LogP contribution >= 0.6 is 0 Å². The number of carbonyl (C=O) groups is 2. The van der Waals surface area contributed by atoms with Gasteiger partial charge >= 0.3 is 0 Å². The molecule has 1 N–H and O–H groups in total. The molecule has 0 radical (unpaired) electrons. The zero-order valence-corrected chi connectivity index (χ0v) is 17.5. The van der Waals surface area contributed by atoms with Gasteiger partial charge in [-0.25, -0.2) is 4.98 Å². The lowest BCUT2D eigenvalue weighted by Gasteiger charge is -2.32. The highest BCUT2D eigenvalue weighted by Crippen LogP contribution is 2.26. The number of carbonyl (C=O) groups excluding carboxylic acids is 2. The number of benzene rings is 2. The van der Waals surface area contributed by atoms with Gasteiger partial charge in [0.25, 0.3) is 0 Å². The molecule has 1 aromatic heterocycles. The first-order valence-corrected chi connectivity index (χ1v) is 10.4. The van der Waals surface area contributed by atoms with Crippen LogP contribution < -0.4 is 10.1 Å². The van der Waals surface area contributed by atoms with E-state index >= 15 is 0 Å². The number of methoxy groups -OCH3 is 1. The Hall–Kier alpha value is -3.61. The van der Waals surface area contributed by atoms with Gasteiger partial charge in [-0.05, 0) is 48.2 Å². The molecule has 4 rings (SSSR count). The van der Waals surface area contributed by atoms with Crippen molar-refractivity contribution in [1.29, 1.82) is 0 Å². The van der Waals surface area contributed by atoms with Crippen molar-refractivity contribution in [3.63, 3.8) is 0 Å². The second kappa shape index (κ2) is 9.47. The maximum absolute atomic E-state index is 12.8. The van der Waals surface area contributed by atoms with E-state index < -0.39 is 0 Å². The molecule has 0 bridgehead atoms. The predicted molar refractivity (Wildman–Crippen MR) is 119 cm³/mol. The summed E-state index contributed by atoms with van der Waals surface area (Å²) in [5, 5.41) is 3.00. The summed E-state index contributed by atoms with van der Waals surface area (Å²) in [6.07, 6.45) is 6.65. The molecule has 0 saturated carbocycles. The molecule has 2 aromatic carbocycles. The Kier molecular flexibility index (Phi) is 6.31. The molecule has 0 aliphatic carbocycles. The van der Waals surface area contributed by atoms with Gasteiger partial charge in [-0.15, -0.1) is 0 Å². The summed E-state index contributed by atoms with van der Waals surface area (Å²) in [5.41, 5.74) is 2.85. The predicted octanol–water partition coefficient (Wildman–Crippen LogP) is 3.44. The summed E-state index contributed by atoms with van der Waals surface area (Å²) >= 11 is 0. The first kappa shape index (κ1) is 20.7. The first-order chi connectivity index (χ1) is 15.1. The van der Waals surface area contributed by atoms with Gasteiger partial charge in [0.1, 0.15) is 12.3 Å². The van der Waals surface area contributed by atoms with E-state index in [4.69, 9.17) is 4.74 Å². The van der Waals surface area contributed by atoms with Crippen molar-refractivity contribution in [1.82, 2.24) is 14.5 Å². The average molecular weight is 418 g/mol. The number of nitrogens with one attached hydrogen (secondary N) is 1. The molecular weight excluding hydrogens is 392 g/mol. The Bertz CT molecular complexity index is 1030. The topological polar surface area (TPSA) is 76.5 Å². The molecular formula is C24H26N4O3. The van der Waals surface area contributed by atoms with Gasteiger partial charge in [0.05, 0.1) is 19.4 Å². The van der Waals surface area contributed by atoms with Gasteiger partial charge in [-0.1, -0.05) is 24.3 Å². The van der Waals surface area contributed by atoms with Crippen LogP contribution in [0, 0.1) is 5.92 Å². The van der Waals surface area contributed by atoms with Crippen LogP contribution in [-0.4, -0.2) is 46.5 Å². The van der Waals surface area contributed by atoms with Crippen LogP contribution in [0.2, 0.25) is 0 Å². The SMILES string of the molecule is COc1cccc(-c2ccc(NC(=O)[C@H]3CCCN(C(=O)Cn4ccnc4)C3)cc2)c1. The Morgan fingerprint density at radius 2 is 2.00 bits per heavy atom. The lowest BCUT2D eigenvalue weighted by atomic mass is 9.96. The third kappa shape index (κ3) is 5.12. The Morgan fingerprint density at radius 1 is 1.16 bits per heavy atom. The highest BCUT2D eigenvalue weighted by atomic mass is 16.5. The first-order valence-electron chi connectivity index (χ1n) is 10.4. The van der Waals surface area contributed by atoms with E-state index in [1.807, 2.05) is 48.5 Å². The van der Waals surface area contributed by atoms with Crippen molar-refractivity contribution in [3.8, 4) is 16.9 Å². The number of nitrogens with zero attached hydrogens (tertiary/aromatic N) is 3. The van der Waals surface area contributed by atoms with Gasteiger partial charge in [-0.3, -0.25) is 9.59 Å². The van der Waals surface area contributed by atoms with Gasteiger partial charge in [0, 0.05) is 31.2 Å². The molecule has 0 unspecified atom stereocenters. The highest BCUT2D eigenvalue weighted by Gasteiger charge is 2.28. The standard InChI is InChI=1S/C24H26N4O3/c1-31-22-6-2-4-19(14-22)18-7-9-21(10-8-18)26-24(30)20-5-3-12-28(15-20)23(29)16-27-13-11-25-17-27/h2,4,6-11,13-14,17,20H,3,5,12,15-16H2,1H3,(H,26,30)/t20-/m0/s1. The van der Waals surface area contributed by atoms with Crippen LogP contribution in [0.15, 0.2) is 67.3 Å². The van der Waals surface area contributed by atoms with Crippen LogP contribution in [-0.2, 0) is 16.1 Å². The van der Waals surface area contributed by atoms with Crippen molar-refractivity contribution in [2.45, 2.75) is 19.4 Å². The number of hydrogen-bond donors (Lipinski definition) is 1. The number of rotatable bonds is 6. The third-order valence-corrected chi connectivity index (χ3v) is 5.58. The van der Waals surface area contributed by atoms with Gasteiger partial charge in [0.15, 0.2) is 0 Å². The molecule has 1 saturated heterocycles. The maximum Gasteiger partial charge on any atom is 0.242 e. The number of piperidine rings is 1. The quantitative estimate of drug-likeness (QED) is 0.665. The lowest BCUT2D eigenvalue weighted by molar-refractivity contribution is -0.135. The minimum atomic E-state index is -0.210. The average Bonchev–Trinajstić information content (AvgIpc) is 3.32. The fourth-order valence-corrected chi connectivity index (χ4v) is 3.85. The van der Waals surface area contributed by atoms with E-state index in [0.29, 0.717) is 13.1 Å². The fraction of sp³-hybridized carbons (Fsp3) is 0.292. The monoisotopic (exact) mass is 418 g/mol. The van der Waals surface area contributed by atoms with Crippen molar-refractivity contribution in [2.24, 2.45) is 5.92 Å². The molecule has 7 heteroatoms. The van der Waals surface area contributed by atoms with Crippen molar-refractivity contribution >= 4 is 17.5 Å².